The van der Waals surface area contributed by atoms with Gasteiger partial charge in [-0.1, -0.05) is 18.2 Å². The van der Waals surface area contributed by atoms with Gasteiger partial charge in [0.05, 0.1) is 12.5 Å². The predicted molar refractivity (Wildman–Crippen MR) is 54.5 cm³/mol. The van der Waals surface area contributed by atoms with E-state index in [0.29, 0.717) is 6.61 Å². The average molecular weight is 191 g/mol. The van der Waals surface area contributed by atoms with Crippen molar-refractivity contribution in [1.29, 1.82) is 0 Å². The van der Waals surface area contributed by atoms with Crippen LogP contribution in [0.3, 0.4) is 0 Å². The van der Waals surface area contributed by atoms with Crippen LogP contribution in [0.4, 0.5) is 5.69 Å². The summed E-state index contributed by atoms with van der Waals surface area (Å²) < 4.78 is 5.05. The van der Waals surface area contributed by atoms with Gasteiger partial charge in [0, 0.05) is 19.8 Å². The van der Waals surface area contributed by atoms with Crippen LogP contribution in [0.25, 0.3) is 0 Å². The van der Waals surface area contributed by atoms with Crippen molar-refractivity contribution in [1.82, 2.24) is 0 Å². The highest BCUT2D eigenvalue weighted by Crippen LogP contribution is 2.35. The van der Waals surface area contributed by atoms with Gasteiger partial charge in [0.2, 0.25) is 5.91 Å². The third-order valence-corrected chi connectivity index (χ3v) is 2.64. The van der Waals surface area contributed by atoms with Gasteiger partial charge in [-0.3, -0.25) is 4.79 Å². The second-order valence-corrected chi connectivity index (χ2v) is 3.46. The average Bonchev–Trinajstić information content (AvgIpc) is 2.45. The monoisotopic (exact) mass is 191 g/mol. The van der Waals surface area contributed by atoms with E-state index in [0.717, 1.165) is 11.3 Å². The van der Waals surface area contributed by atoms with Crippen molar-refractivity contribution in [3.8, 4) is 0 Å². The van der Waals surface area contributed by atoms with Crippen LogP contribution in [0, 0.1) is 0 Å². The molecule has 0 bridgehead atoms. The van der Waals surface area contributed by atoms with E-state index in [1.807, 2.05) is 24.3 Å². The number of nitrogens with zero attached hydrogens (tertiary/aromatic N) is 1. The lowest BCUT2D eigenvalue weighted by Crippen LogP contribution is -2.25. The van der Waals surface area contributed by atoms with Crippen molar-refractivity contribution >= 4 is 11.6 Å². The number of likely N-dealkylation sites (N-methyl/N-ethyl adjacent to an activating group) is 1. The number of ether oxygens (including phenoxy) is 1. The van der Waals surface area contributed by atoms with Crippen molar-refractivity contribution in [2.24, 2.45) is 0 Å². The molecule has 0 radical (unpaired) electrons. The van der Waals surface area contributed by atoms with Crippen LogP contribution in [0.15, 0.2) is 24.3 Å². The first-order chi connectivity index (χ1) is 6.75. The molecule has 0 fully saturated rings. The summed E-state index contributed by atoms with van der Waals surface area (Å²) in [5.41, 5.74) is 2.07. The molecule has 0 aliphatic carbocycles. The second-order valence-electron chi connectivity index (χ2n) is 3.46. The van der Waals surface area contributed by atoms with Crippen molar-refractivity contribution < 1.29 is 9.53 Å². The molecule has 74 valence electrons. The Morgan fingerprint density at radius 3 is 2.86 bits per heavy atom. The first kappa shape index (κ1) is 9.21. The molecule has 14 heavy (non-hydrogen) atoms. The number of fused-ring (bicyclic) bond motifs is 1. The minimum absolute atomic E-state index is 0.119. The molecule has 2 rings (SSSR count). The molecule has 3 heteroatoms. The van der Waals surface area contributed by atoms with E-state index in [1.54, 1.807) is 19.1 Å². The zero-order valence-electron chi connectivity index (χ0n) is 8.36. The Labute approximate surface area is 83.3 Å². The molecule has 1 aromatic rings. The molecule has 1 heterocycles. The molecule has 0 N–H and O–H groups in total. The smallest absolute Gasteiger partial charge is 0.236 e. The van der Waals surface area contributed by atoms with Crippen molar-refractivity contribution in [2.45, 2.75) is 5.92 Å². The van der Waals surface area contributed by atoms with E-state index in [1.165, 1.54) is 0 Å². The summed E-state index contributed by atoms with van der Waals surface area (Å²) in [4.78, 5) is 13.5. The van der Waals surface area contributed by atoms with Crippen molar-refractivity contribution in [3.63, 3.8) is 0 Å². The zero-order valence-corrected chi connectivity index (χ0v) is 8.36. The molecular weight excluding hydrogens is 178 g/mol. The Bertz CT molecular complexity index is 362. The van der Waals surface area contributed by atoms with Crippen LogP contribution in [-0.4, -0.2) is 26.7 Å². The van der Waals surface area contributed by atoms with Gasteiger partial charge in [-0.05, 0) is 11.6 Å². The van der Waals surface area contributed by atoms with Gasteiger partial charge in [0.25, 0.3) is 0 Å². The van der Waals surface area contributed by atoms with E-state index < -0.39 is 0 Å². The summed E-state index contributed by atoms with van der Waals surface area (Å²) in [6, 6.07) is 7.84. The maximum Gasteiger partial charge on any atom is 0.236 e. The van der Waals surface area contributed by atoms with Crippen LogP contribution < -0.4 is 4.90 Å². The standard InChI is InChI=1S/C11H13NO2/c1-12-10-6-4-3-5-8(10)9(7-14-2)11(12)13/h3-6,9H,7H2,1-2H3. The highest BCUT2D eigenvalue weighted by molar-refractivity contribution is 6.04. The third kappa shape index (κ3) is 1.21. The highest BCUT2D eigenvalue weighted by Gasteiger charge is 2.34. The Kier molecular flexibility index (Phi) is 2.25. The van der Waals surface area contributed by atoms with Gasteiger partial charge >= 0.3 is 0 Å². The molecule has 0 aromatic heterocycles. The van der Waals surface area contributed by atoms with Crippen molar-refractivity contribution in [2.75, 3.05) is 25.7 Å². The summed E-state index contributed by atoms with van der Waals surface area (Å²) in [6.45, 7) is 0.459. The van der Waals surface area contributed by atoms with Crippen LogP contribution in [0.2, 0.25) is 0 Å². The van der Waals surface area contributed by atoms with E-state index >= 15 is 0 Å². The molecular formula is C11H13NO2. The van der Waals surface area contributed by atoms with Gasteiger partial charge in [-0.2, -0.15) is 0 Å². The summed E-state index contributed by atoms with van der Waals surface area (Å²) in [5, 5.41) is 0. The zero-order chi connectivity index (χ0) is 10.1. The summed E-state index contributed by atoms with van der Waals surface area (Å²) in [5.74, 6) is -0.00532. The molecule has 0 spiro atoms. The van der Waals surface area contributed by atoms with Gasteiger partial charge in [0.1, 0.15) is 0 Å². The van der Waals surface area contributed by atoms with Gasteiger partial charge < -0.3 is 9.64 Å². The number of rotatable bonds is 2. The first-order valence-corrected chi connectivity index (χ1v) is 4.61. The number of benzene rings is 1. The molecule has 1 aliphatic heterocycles. The van der Waals surface area contributed by atoms with E-state index in [9.17, 15) is 4.79 Å². The topological polar surface area (TPSA) is 29.5 Å². The molecule has 1 aromatic carbocycles. The van der Waals surface area contributed by atoms with Gasteiger partial charge in [0.15, 0.2) is 0 Å². The lowest BCUT2D eigenvalue weighted by Gasteiger charge is -2.09. The predicted octanol–water partition coefficient (Wildman–Crippen LogP) is 1.39. The summed E-state index contributed by atoms with van der Waals surface area (Å²) in [6.07, 6.45) is 0. The number of methoxy groups -OCH3 is 1. The SMILES string of the molecule is COCC1C(=O)N(C)c2ccccc21. The highest BCUT2D eigenvalue weighted by atomic mass is 16.5. The summed E-state index contributed by atoms with van der Waals surface area (Å²) in [7, 11) is 3.42. The quantitative estimate of drug-likeness (QED) is 0.707. The van der Waals surface area contributed by atoms with E-state index in [4.69, 9.17) is 4.74 Å². The number of hydrogen-bond acceptors (Lipinski definition) is 2. The van der Waals surface area contributed by atoms with Crippen LogP contribution in [0.1, 0.15) is 11.5 Å². The minimum Gasteiger partial charge on any atom is -0.384 e. The van der Waals surface area contributed by atoms with Crippen molar-refractivity contribution in [3.05, 3.63) is 29.8 Å². The molecule has 1 unspecified atom stereocenters. The Morgan fingerprint density at radius 2 is 2.14 bits per heavy atom. The Morgan fingerprint density at radius 1 is 1.43 bits per heavy atom. The molecule has 1 amide bonds. The lowest BCUT2D eigenvalue weighted by atomic mass is 10.0. The third-order valence-electron chi connectivity index (χ3n) is 2.64. The minimum atomic E-state index is -0.124. The first-order valence-electron chi connectivity index (χ1n) is 4.61. The molecule has 0 saturated carbocycles. The number of anilines is 1. The second kappa shape index (κ2) is 3.42. The number of amides is 1. The van der Waals surface area contributed by atoms with E-state index in [-0.39, 0.29) is 11.8 Å². The van der Waals surface area contributed by atoms with E-state index in [2.05, 4.69) is 0 Å². The molecule has 0 saturated heterocycles. The molecule has 1 aliphatic rings. The molecule has 1 atom stereocenters. The van der Waals surface area contributed by atoms with Crippen LogP contribution in [0.5, 0.6) is 0 Å². The number of carbonyl (C=O) groups excluding carboxylic acids is 1. The van der Waals surface area contributed by atoms with Gasteiger partial charge in [-0.25, -0.2) is 0 Å². The Balaban J connectivity index is 2.42. The fourth-order valence-corrected chi connectivity index (χ4v) is 1.90. The van der Waals surface area contributed by atoms with Gasteiger partial charge in [-0.15, -0.1) is 0 Å². The van der Waals surface area contributed by atoms with Crippen LogP contribution in [-0.2, 0) is 9.53 Å². The fraction of sp³-hybridized carbons (Fsp3) is 0.364. The van der Waals surface area contributed by atoms with Crippen LogP contribution >= 0.6 is 0 Å². The molecule has 3 nitrogen and oxygen atoms in total. The maximum atomic E-state index is 11.8. The summed E-state index contributed by atoms with van der Waals surface area (Å²) >= 11 is 0. The largest absolute Gasteiger partial charge is 0.384 e. The fourth-order valence-electron chi connectivity index (χ4n) is 1.90. The normalized spacial score (nSPS) is 20.0. The number of carbonyl (C=O) groups is 1. The number of hydrogen-bond donors (Lipinski definition) is 0. The maximum absolute atomic E-state index is 11.8. The lowest BCUT2D eigenvalue weighted by molar-refractivity contribution is -0.120. The number of para-hydroxylation sites is 1. The Hall–Kier alpha value is -1.35.